The molecule has 1 aromatic heterocycles. The van der Waals surface area contributed by atoms with Gasteiger partial charge in [0.2, 0.25) is 0 Å². The maximum atomic E-state index is 13.1. The number of benzene rings is 1. The van der Waals surface area contributed by atoms with Crippen molar-refractivity contribution in [2.24, 2.45) is 5.92 Å². The van der Waals surface area contributed by atoms with Crippen LogP contribution in [0.2, 0.25) is 0 Å². The van der Waals surface area contributed by atoms with Crippen molar-refractivity contribution in [3.8, 4) is 0 Å². The van der Waals surface area contributed by atoms with Crippen LogP contribution >= 0.6 is 11.3 Å². The standard InChI is InChI=1S/C17H17FN2O3S/c18-12-3-1-4-13(9-12)20-16(22)15(21)19-10-17(23,11-6-7-11)14-5-2-8-24-14/h1-5,8-9,11,23H,6-7,10H2,(H,19,21)(H,20,22)/t17-/m1/s1. The van der Waals surface area contributed by atoms with E-state index in [4.69, 9.17) is 0 Å². The van der Waals surface area contributed by atoms with Gasteiger partial charge in [-0.15, -0.1) is 11.3 Å². The summed E-state index contributed by atoms with van der Waals surface area (Å²) in [6.45, 7) is -0.0341. The maximum Gasteiger partial charge on any atom is 0.313 e. The zero-order chi connectivity index (χ0) is 17.2. The monoisotopic (exact) mass is 348 g/mol. The fourth-order valence-electron chi connectivity index (χ4n) is 2.57. The van der Waals surface area contributed by atoms with E-state index in [0.717, 1.165) is 23.8 Å². The normalized spacial score (nSPS) is 16.2. The molecule has 1 fully saturated rings. The summed E-state index contributed by atoms with van der Waals surface area (Å²) in [5, 5.41) is 17.6. The van der Waals surface area contributed by atoms with Crippen molar-refractivity contribution in [3.63, 3.8) is 0 Å². The third-order valence-corrected chi connectivity index (χ3v) is 5.04. The Bertz CT molecular complexity index is 746. The molecule has 126 valence electrons. The smallest absolute Gasteiger partial charge is 0.313 e. The second-order valence-electron chi connectivity index (χ2n) is 5.82. The number of carbonyl (C=O) groups excluding carboxylic acids is 2. The predicted molar refractivity (Wildman–Crippen MR) is 89.0 cm³/mol. The number of carbonyl (C=O) groups is 2. The van der Waals surface area contributed by atoms with Gasteiger partial charge in [0.15, 0.2) is 0 Å². The van der Waals surface area contributed by atoms with E-state index in [9.17, 15) is 19.1 Å². The number of amides is 2. The molecular weight excluding hydrogens is 331 g/mol. The zero-order valence-electron chi connectivity index (χ0n) is 12.8. The highest BCUT2D eigenvalue weighted by Crippen LogP contribution is 2.46. The summed E-state index contributed by atoms with van der Waals surface area (Å²) >= 11 is 1.42. The van der Waals surface area contributed by atoms with Gasteiger partial charge in [0.25, 0.3) is 0 Å². The molecule has 24 heavy (non-hydrogen) atoms. The van der Waals surface area contributed by atoms with E-state index < -0.39 is 23.2 Å². The lowest BCUT2D eigenvalue weighted by atomic mass is 9.95. The average molecular weight is 348 g/mol. The summed E-state index contributed by atoms with van der Waals surface area (Å²) in [4.78, 5) is 24.6. The molecule has 0 saturated heterocycles. The summed E-state index contributed by atoms with van der Waals surface area (Å²) in [6.07, 6.45) is 1.78. The molecule has 7 heteroatoms. The second-order valence-corrected chi connectivity index (χ2v) is 6.77. The van der Waals surface area contributed by atoms with Gasteiger partial charge in [0.1, 0.15) is 11.4 Å². The Balaban J connectivity index is 1.61. The summed E-state index contributed by atoms with van der Waals surface area (Å²) in [5.74, 6) is -2.18. The number of aliphatic hydroxyl groups is 1. The minimum Gasteiger partial charge on any atom is -0.382 e. The molecule has 0 aliphatic heterocycles. The molecule has 1 heterocycles. The van der Waals surface area contributed by atoms with E-state index in [1.165, 1.54) is 29.5 Å². The summed E-state index contributed by atoms with van der Waals surface area (Å²) in [6, 6.07) is 8.95. The molecule has 1 aliphatic rings. The molecule has 0 radical (unpaired) electrons. The van der Waals surface area contributed by atoms with Gasteiger partial charge < -0.3 is 15.7 Å². The molecule has 1 atom stereocenters. The number of thiophene rings is 1. The minimum atomic E-state index is -1.15. The first-order valence-corrected chi connectivity index (χ1v) is 8.48. The van der Waals surface area contributed by atoms with Crippen LogP contribution in [0.5, 0.6) is 0 Å². The SMILES string of the molecule is O=C(NC[C@](O)(c1cccs1)C1CC1)C(=O)Nc1cccc(F)c1. The van der Waals surface area contributed by atoms with Crippen molar-refractivity contribution in [1.82, 2.24) is 5.32 Å². The Morgan fingerprint density at radius 1 is 1.25 bits per heavy atom. The lowest BCUT2D eigenvalue weighted by Gasteiger charge is -2.27. The molecule has 5 nitrogen and oxygen atoms in total. The molecule has 2 amide bonds. The van der Waals surface area contributed by atoms with E-state index in [-0.39, 0.29) is 18.2 Å². The van der Waals surface area contributed by atoms with Crippen LogP contribution in [-0.2, 0) is 15.2 Å². The van der Waals surface area contributed by atoms with Crippen molar-refractivity contribution in [1.29, 1.82) is 0 Å². The molecule has 1 saturated carbocycles. The predicted octanol–water partition coefficient (Wildman–Crippen LogP) is 2.24. The van der Waals surface area contributed by atoms with Crippen LogP contribution in [-0.4, -0.2) is 23.5 Å². The van der Waals surface area contributed by atoms with Crippen LogP contribution in [0.3, 0.4) is 0 Å². The number of nitrogens with one attached hydrogen (secondary N) is 2. The molecule has 0 bridgehead atoms. The number of halogens is 1. The molecular formula is C17H17FN2O3S. The summed E-state index contributed by atoms with van der Waals surface area (Å²) in [7, 11) is 0. The zero-order valence-corrected chi connectivity index (χ0v) is 13.6. The molecule has 3 N–H and O–H groups in total. The topological polar surface area (TPSA) is 78.4 Å². The first-order valence-electron chi connectivity index (χ1n) is 7.60. The van der Waals surface area contributed by atoms with Crippen LogP contribution in [0.25, 0.3) is 0 Å². The van der Waals surface area contributed by atoms with Crippen molar-refractivity contribution in [3.05, 3.63) is 52.5 Å². The minimum absolute atomic E-state index is 0.0341. The Kier molecular flexibility index (Phi) is 4.64. The first-order chi connectivity index (χ1) is 11.5. The van der Waals surface area contributed by atoms with Gasteiger partial charge in [0.05, 0.1) is 6.54 Å². The van der Waals surface area contributed by atoms with Gasteiger partial charge in [-0.2, -0.15) is 0 Å². The number of anilines is 1. The molecule has 0 unspecified atom stereocenters. The summed E-state index contributed by atoms with van der Waals surface area (Å²) in [5.41, 5.74) is -0.950. The largest absolute Gasteiger partial charge is 0.382 e. The highest BCUT2D eigenvalue weighted by Gasteiger charge is 2.46. The third kappa shape index (κ3) is 3.63. The molecule has 2 aromatic rings. The van der Waals surface area contributed by atoms with Crippen molar-refractivity contribution in [2.45, 2.75) is 18.4 Å². The number of hydrogen-bond donors (Lipinski definition) is 3. The van der Waals surface area contributed by atoms with Gasteiger partial charge in [-0.3, -0.25) is 9.59 Å². The summed E-state index contributed by atoms with van der Waals surface area (Å²) < 4.78 is 13.1. The lowest BCUT2D eigenvalue weighted by molar-refractivity contribution is -0.137. The van der Waals surface area contributed by atoms with Gasteiger partial charge in [-0.1, -0.05) is 12.1 Å². The lowest BCUT2D eigenvalue weighted by Crippen LogP contribution is -2.45. The van der Waals surface area contributed by atoms with Crippen molar-refractivity contribution < 1.29 is 19.1 Å². The van der Waals surface area contributed by atoms with E-state index >= 15 is 0 Å². The van der Waals surface area contributed by atoms with Crippen LogP contribution in [0.15, 0.2) is 41.8 Å². The number of hydrogen-bond acceptors (Lipinski definition) is 4. The number of rotatable bonds is 5. The van der Waals surface area contributed by atoms with Crippen molar-refractivity contribution >= 4 is 28.8 Å². The van der Waals surface area contributed by atoms with Crippen LogP contribution in [0.1, 0.15) is 17.7 Å². The fourth-order valence-corrected chi connectivity index (χ4v) is 3.47. The molecule has 3 rings (SSSR count). The van der Waals surface area contributed by atoms with Crippen molar-refractivity contribution in [2.75, 3.05) is 11.9 Å². The molecule has 1 aliphatic carbocycles. The van der Waals surface area contributed by atoms with Gasteiger partial charge in [-0.05, 0) is 48.4 Å². The Hall–Kier alpha value is -2.25. The Morgan fingerprint density at radius 3 is 2.67 bits per heavy atom. The maximum absolute atomic E-state index is 13.1. The third-order valence-electron chi connectivity index (χ3n) is 4.01. The second kappa shape index (κ2) is 6.70. The van der Waals surface area contributed by atoms with Gasteiger partial charge in [-0.25, -0.2) is 4.39 Å². The quantitative estimate of drug-likeness (QED) is 0.725. The highest BCUT2D eigenvalue weighted by molar-refractivity contribution is 7.10. The first kappa shape index (κ1) is 16.6. The molecule has 0 spiro atoms. The fraction of sp³-hybridized carbons (Fsp3) is 0.294. The van der Waals surface area contributed by atoms with E-state index in [1.54, 1.807) is 0 Å². The van der Waals surface area contributed by atoms with E-state index in [2.05, 4.69) is 10.6 Å². The van der Waals surface area contributed by atoms with Crippen LogP contribution < -0.4 is 10.6 Å². The van der Waals surface area contributed by atoms with E-state index in [0.29, 0.717) is 0 Å². The Morgan fingerprint density at radius 2 is 2.04 bits per heavy atom. The van der Waals surface area contributed by atoms with Gasteiger partial charge >= 0.3 is 11.8 Å². The highest BCUT2D eigenvalue weighted by atomic mass is 32.1. The van der Waals surface area contributed by atoms with Crippen LogP contribution in [0, 0.1) is 11.7 Å². The molecule has 1 aromatic carbocycles. The average Bonchev–Trinajstić information content (AvgIpc) is 3.27. The van der Waals surface area contributed by atoms with Gasteiger partial charge in [0, 0.05) is 10.6 Å². The van der Waals surface area contributed by atoms with E-state index in [1.807, 2.05) is 17.5 Å². The van der Waals surface area contributed by atoms with Crippen LogP contribution in [0.4, 0.5) is 10.1 Å². The Labute approximate surface area is 142 Å².